The minimum atomic E-state index is -4.97. The number of urea groups is 1. The second-order valence-corrected chi connectivity index (χ2v) is 8.78. The van der Waals surface area contributed by atoms with Gasteiger partial charge in [0.05, 0.1) is 17.9 Å². The van der Waals surface area contributed by atoms with E-state index < -0.39 is 34.4 Å². The van der Waals surface area contributed by atoms with Crippen molar-refractivity contribution < 1.29 is 35.9 Å². The third kappa shape index (κ3) is 7.93. The van der Waals surface area contributed by atoms with Crippen molar-refractivity contribution in [1.82, 2.24) is 14.5 Å². The number of aromatic nitrogens is 2. The number of ether oxygens (including phenoxy) is 2. The van der Waals surface area contributed by atoms with Crippen LogP contribution in [0.15, 0.2) is 30.6 Å². The predicted octanol–water partition coefficient (Wildman–Crippen LogP) is 2.38. The Labute approximate surface area is 214 Å². The number of hydrogen-bond donors (Lipinski definition) is 2. The van der Waals surface area contributed by atoms with Crippen LogP contribution in [0, 0.1) is 0 Å². The van der Waals surface area contributed by atoms with Gasteiger partial charge in [-0.3, -0.25) is 4.68 Å². The topological polar surface area (TPSA) is 115 Å². The zero-order valence-electron chi connectivity index (χ0n) is 16.6. The van der Waals surface area contributed by atoms with Gasteiger partial charge >= 0.3 is 52.2 Å². The van der Waals surface area contributed by atoms with Crippen LogP contribution < -0.4 is 19.1 Å². The molecule has 2 N–H and O–H groups in total. The zero-order valence-corrected chi connectivity index (χ0v) is 18.2. The summed E-state index contributed by atoms with van der Waals surface area (Å²) in [6.45, 7) is 0.682. The van der Waals surface area contributed by atoms with Crippen LogP contribution in [0.2, 0.25) is 5.02 Å². The number of benzene rings is 1. The van der Waals surface area contributed by atoms with E-state index in [0.717, 1.165) is 22.5 Å². The normalized spacial score (nSPS) is 14.8. The first-order valence-corrected chi connectivity index (χ1v) is 11.0. The second-order valence-electron chi connectivity index (χ2n) is 6.80. The van der Waals surface area contributed by atoms with Crippen LogP contribution in [0.4, 0.5) is 29.3 Å². The second kappa shape index (κ2) is 11.1. The Morgan fingerprint density at radius 3 is 2.55 bits per heavy atom. The van der Waals surface area contributed by atoms with E-state index in [9.17, 15) is 26.4 Å². The summed E-state index contributed by atoms with van der Waals surface area (Å²) in [7, 11) is -2.80. The molecule has 0 unspecified atom stereocenters. The van der Waals surface area contributed by atoms with Crippen molar-refractivity contribution in [1.29, 1.82) is 0 Å². The molecule has 1 aliphatic heterocycles. The first-order chi connectivity index (χ1) is 14.9. The van der Waals surface area contributed by atoms with E-state index in [-0.39, 0.29) is 46.0 Å². The molecule has 1 fully saturated rings. The number of carbonyl (C=O) groups excluding carboxylic acids is 1. The molecule has 0 saturated carbocycles. The summed E-state index contributed by atoms with van der Waals surface area (Å²) in [4.78, 5) is 12.4. The molecular weight excluding hydrogens is 502 g/mol. The van der Waals surface area contributed by atoms with Gasteiger partial charge in [-0.2, -0.15) is 13.5 Å². The van der Waals surface area contributed by atoms with E-state index in [1.54, 1.807) is 7.05 Å². The molecule has 1 aromatic heterocycles. The van der Waals surface area contributed by atoms with E-state index in [2.05, 4.69) is 15.2 Å². The number of amides is 2. The molecule has 33 heavy (non-hydrogen) atoms. The number of halogens is 4. The van der Waals surface area contributed by atoms with Crippen molar-refractivity contribution in [2.24, 2.45) is 7.05 Å². The molecule has 16 heteroatoms. The van der Waals surface area contributed by atoms with Crippen LogP contribution in [0.3, 0.4) is 0 Å². The standard InChI is InChI=1S/C17H19ClF3N5O5S.Na.H/c1-25-10-14(9-22-25)26(13-2-4-30-5-3-13)32(28,29)24-16(27)23-12-6-11(18)7-15(8-12)31-17(19,20)21;;/h6-10,13H,2-5H2,1H3,(H2,23,24,27);;. The van der Waals surface area contributed by atoms with Gasteiger partial charge in [-0.25, -0.2) is 13.8 Å². The molecule has 10 nitrogen and oxygen atoms in total. The van der Waals surface area contributed by atoms with Crippen LogP contribution in [-0.2, 0) is 22.0 Å². The molecule has 178 valence electrons. The molecular formula is C17H20ClF3N5NaO5S. The number of nitrogens with zero attached hydrogens (tertiary/aromatic N) is 3. The average Bonchev–Trinajstić information content (AvgIpc) is 3.05. The third-order valence-corrected chi connectivity index (χ3v) is 6.00. The van der Waals surface area contributed by atoms with Crippen LogP contribution >= 0.6 is 11.6 Å². The van der Waals surface area contributed by atoms with Gasteiger partial charge in [-0.1, -0.05) is 11.6 Å². The van der Waals surface area contributed by atoms with Gasteiger partial charge in [0.2, 0.25) is 0 Å². The Morgan fingerprint density at radius 1 is 1.30 bits per heavy atom. The number of alkyl halides is 3. The molecule has 0 bridgehead atoms. The first kappa shape index (κ1) is 27.5. The van der Waals surface area contributed by atoms with E-state index >= 15 is 0 Å². The summed E-state index contributed by atoms with van der Waals surface area (Å²) in [5, 5.41) is 5.96. The Morgan fingerprint density at radius 2 is 1.97 bits per heavy atom. The van der Waals surface area contributed by atoms with Crippen molar-refractivity contribution in [2.75, 3.05) is 22.8 Å². The molecule has 0 aliphatic carbocycles. The molecule has 2 aromatic rings. The Hall–Kier alpha value is -1.71. The summed E-state index contributed by atoms with van der Waals surface area (Å²) < 4.78 is 76.8. The quantitative estimate of drug-likeness (QED) is 0.564. The van der Waals surface area contributed by atoms with Crippen LogP contribution in [0.1, 0.15) is 12.8 Å². The van der Waals surface area contributed by atoms with Crippen molar-refractivity contribution in [3.8, 4) is 5.75 Å². The van der Waals surface area contributed by atoms with Gasteiger partial charge in [-0.05, 0) is 25.0 Å². The number of anilines is 2. The fourth-order valence-corrected chi connectivity index (χ4v) is 4.72. The molecule has 0 atom stereocenters. The fraction of sp³-hybridized carbons (Fsp3) is 0.412. The molecule has 1 aliphatic rings. The van der Waals surface area contributed by atoms with Crippen LogP contribution in [-0.4, -0.2) is 79.4 Å². The van der Waals surface area contributed by atoms with E-state index in [1.807, 2.05) is 4.72 Å². The Balaban J connectivity index is 0.00000385. The number of carbonyl (C=O) groups is 1. The number of aryl methyl sites for hydroxylation is 1. The van der Waals surface area contributed by atoms with Gasteiger partial charge in [-0.15, -0.1) is 13.2 Å². The van der Waals surface area contributed by atoms with Gasteiger partial charge < -0.3 is 14.8 Å². The van der Waals surface area contributed by atoms with Crippen LogP contribution in [0.5, 0.6) is 5.75 Å². The summed E-state index contributed by atoms with van der Waals surface area (Å²) >= 11 is 5.76. The van der Waals surface area contributed by atoms with Crippen molar-refractivity contribution in [3.63, 3.8) is 0 Å². The van der Waals surface area contributed by atoms with Crippen molar-refractivity contribution in [2.45, 2.75) is 25.2 Å². The summed E-state index contributed by atoms with van der Waals surface area (Å²) in [6.07, 6.45) is -1.37. The molecule has 1 aromatic carbocycles. The zero-order chi connectivity index (χ0) is 23.5. The van der Waals surface area contributed by atoms with Crippen molar-refractivity contribution in [3.05, 3.63) is 35.6 Å². The van der Waals surface area contributed by atoms with Gasteiger partial charge in [0.25, 0.3) is 0 Å². The van der Waals surface area contributed by atoms with E-state index in [4.69, 9.17) is 16.3 Å². The maximum absolute atomic E-state index is 13.0. The molecule has 0 spiro atoms. The molecule has 1 saturated heterocycles. The predicted molar refractivity (Wildman–Crippen MR) is 116 cm³/mol. The van der Waals surface area contributed by atoms with Gasteiger partial charge in [0.15, 0.2) is 0 Å². The van der Waals surface area contributed by atoms with E-state index in [1.165, 1.54) is 17.1 Å². The summed E-state index contributed by atoms with van der Waals surface area (Å²) in [5.74, 6) is -0.678. The fourth-order valence-electron chi connectivity index (χ4n) is 3.14. The molecule has 0 radical (unpaired) electrons. The maximum atomic E-state index is 13.0. The van der Waals surface area contributed by atoms with Crippen molar-refractivity contribution >= 4 is 68.8 Å². The number of rotatable bonds is 6. The van der Waals surface area contributed by atoms with Crippen LogP contribution in [0.25, 0.3) is 0 Å². The van der Waals surface area contributed by atoms with E-state index in [0.29, 0.717) is 26.1 Å². The Bertz CT molecular complexity index is 1080. The third-order valence-electron chi connectivity index (χ3n) is 4.31. The number of hydrogen-bond acceptors (Lipinski definition) is 6. The molecule has 2 heterocycles. The van der Waals surface area contributed by atoms with Gasteiger partial charge in [0.1, 0.15) is 5.75 Å². The van der Waals surface area contributed by atoms with Gasteiger partial charge in [0, 0.05) is 43.2 Å². The molecule has 3 rings (SSSR count). The summed E-state index contributed by atoms with van der Waals surface area (Å²) in [5.41, 5.74) is 0.0340. The average molecular weight is 522 g/mol. The SMILES string of the molecule is Cn1cc(N(C2CCOCC2)S(=O)(=O)NC(=O)Nc2cc(Cl)cc(OC(F)(F)F)c2)cn1.[NaH]. The monoisotopic (exact) mass is 521 g/mol. The summed E-state index contributed by atoms with van der Waals surface area (Å²) in [6, 6.07) is 1.18. The molecule has 2 amide bonds. The Kier molecular flexibility index (Phi) is 9.30. The first-order valence-electron chi connectivity index (χ1n) is 9.19. The number of nitrogens with one attached hydrogen (secondary N) is 2. The minimum absolute atomic E-state index is 0.